The number of H-pyrrole nitrogens is 1. The van der Waals surface area contributed by atoms with Crippen LogP contribution in [0.2, 0.25) is 0 Å². The van der Waals surface area contributed by atoms with Crippen molar-refractivity contribution < 1.29 is 0 Å². The summed E-state index contributed by atoms with van der Waals surface area (Å²) in [5.74, 6) is 0.653. The van der Waals surface area contributed by atoms with Gasteiger partial charge in [-0.05, 0) is 19.1 Å². The average Bonchev–Trinajstić information content (AvgIpc) is 2.47. The van der Waals surface area contributed by atoms with Gasteiger partial charge in [-0.2, -0.15) is 5.10 Å². The molecule has 5 nitrogen and oxygen atoms in total. The van der Waals surface area contributed by atoms with Gasteiger partial charge in [-0.25, -0.2) is 15.1 Å². The van der Waals surface area contributed by atoms with Gasteiger partial charge < -0.3 is 0 Å². The molecule has 2 aromatic heterocycles. The highest BCUT2D eigenvalue weighted by Crippen LogP contribution is 2.24. The van der Waals surface area contributed by atoms with E-state index in [1.807, 2.05) is 12.3 Å². The molecule has 0 radical (unpaired) electrons. The van der Waals surface area contributed by atoms with E-state index in [4.69, 9.17) is 0 Å². The van der Waals surface area contributed by atoms with Crippen LogP contribution in [0.5, 0.6) is 0 Å². The Morgan fingerprint density at radius 2 is 2.21 bits per heavy atom. The van der Waals surface area contributed by atoms with Crippen molar-refractivity contribution in [2.45, 2.75) is 17.9 Å². The Labute approximate surface area is 113 Å². The first kappa shape index (κ1) is 12.1. The molecule has 0 fully saturated rings. The van der Waals surface area contributed by atoms with E-state index in [-0.39, 0.29) is 5.56 Å². The Morgan fingerprint density at radius 3 is 2.95 bits per heavy atom. The summed E-state index contributed by atoms with van der Waals surface area (Å²) in [7, 11) is 0. The van der Waals surface area contributed by atoms with Crippen LogP contribution in [0, 0.1) is 0 Å². The van der Waals surface area contributed by atoms with Crippen LogP contribution >= 0.6 is 11.8 Å². The third-order valence-electron chi connectivity index (χ3n) is 2.93. The number of aromatic nitrogens is 4. The SMILES string of the molecule is CSc1nc(C2=CCCC=C2)nc2cn[nH]c(=O)c12. The van der Waals surface area contributed by atoms with E-state index in [0.717, 1.165) is 18.4 Å². The van der Waals surface area contributed by atoms with Crippen molar-refractivity contribution in [3.63, 3.8) is 0 Å². The largest absolute Gasteiger partial charge is 0.276 e. The molecule has 1 aliphatic carbocycles. The zero-order chi connectivity index (χ0) is 13.2. The van der Waals surface area contributed by atoms with Gasteiger partial charge in [0.05, 0.1) is 6.20 Å². The summed E-state index contributed by atoms with van der Waals surface area (Å²) in [5.41, 5.74) is 1.34. The van der Waals surface area contributed by atoms with Crippen LogP contribution in [0.1, 0.15) is 18.7 Å². The highest BCUT2D eigenvalue weighted by atomic mass is 32.2. The molecule has 1 N–H and O–H groups in total. The molecule has 0 atom stereocenters. The summed E-state index contributed by atoms with van der Waals surface area (Å²) in [6, 6.07) is 0. The molecule has 19 heavy (non-hydrogen) atoms. The van der Waals surface area contributed by atoms with Crippen molar-refractivity contribution in [3.05, 3.63) is 40.6 Å². The van der Waals surface area contributed by atoms with E-state index in [1.165, 1.54) is 11.8 Å². The maximum Gasteiger partial charge on any atom is 0.276 e. The summed E-state index contributed by atoms with van der Waals surface area (Å²) >= 11 is 1.44. The fraction of sp³-hybridized carbons (Fsp3) is 0.231. The Hall–Kier alpha value is -1.95. The number of hydrogen-bond donors (Lipinski definition) is 1. The maximum atomic E-state index is 11.8. The van der Waals surface area contributed by atoms with Crippen LogP contribution in [0.4, 0.5) is 0 Å². The third kappa shape index (κ3) is 2.19. The van der Waals surface area contributed by atoms with E-state index in [0.29, 0.717) is 21.8 Å². The summed E-state index contributed by atoms with van der Waals surface area (Å²) in [4.78, 5) is 20.7. The lowest BCUT2D eigenvalue weighted by Crippen LogP contribution is -2.11. The molecule has 2 aromatic rings. The fourth-order valence-corrected chi connectivity index (χ4v) is 2.61. The lowest BCUT2D eigenvalue weighted by Gasteiger charge is -2.08. The minimum Gasteiger partial charge on any atom is -0.267 e. The Bertz CT molecular complexity index is 748. The van der Waals surface area contributed by atoms with Gasteiger partial charge in [0.25, 0.3) is 5.56 Å². The van der Waals surface area contributed by atoms with Gasteiger partial charge in [0, 0.05) is 5.57 Å². The minimum atomic E-state index is -0.249. The number of aromatic amines is 1. The first-order valence-corrected chi connectivity index (χ1v) is 7.18. The van der Waals surface area contributed by atoms with Crippen LogP contribution in [-0.4, -0.2) is 26.4 Å². The van der Waals surface area contributed by atoms with Crippen LogP contribution in [0.3, 0.4) is 0 Å². The topological polar surface area (TPSA) is 71.5 Å². The van der Waals surface area contributed by atoms with E-state index >= 15 is 0 Å². The van der Waals surface area contributed by atoms with Crippen LogP contribution in [0.25, 0.3) is 16.5 Å². The number of rotatable bonds is 2. The lowest BCUT2D eigenvalue weighted by molar-refractivity contribution is 0.969. The quantitative estimate of drug-likeness (QED) is 0.670. The number of nitrogens with zero attached hydrogens (tertiary/aromatic N) is 3. The molecule has 0 aromatic carbocycles. The molecular weight excluding hydrogens is 260 g/mol. The fourth-order valence-electron chi connectivity index (χ4n) is 2.03. The highest BCUT2D eigenvalue weighted by molar-refractivity contribution is 7.98. The van der Waals surface area contributed by atoms with Crippen molar-refractivity contribution >= 4 is 28.2 Å². The smallest absolute Gasteiger partial charge is 0.267 e. The van der Waals surface area contributed by atoms with Crippen molar-refractivity contribution in [1.82, 2.24) is 20.2 Å². The average molecular weight is 272 g/mol. The van der Waals surface area contributed by atoms with E-state index in [2.05, 4.69) is 32.3 Å². The number of fused-ring (bicyclic) bond motifs is 1. The monoisotopic (exact) mass is 272 g/mol. The number of thioether (sulfide) groups is 1. The predicted molar refractivity (Wildman–Crippen MR) is 76.1 cm³/mol. The zero-order valence-corrected chi connectivity index (χ0v) is 11.2. The second-order valence-corrected chi connectivity index (χ2v) is 4.95. The first-order chi connectivity index (χ1) is 9.29. The molecule has 0 unspecified atom stereocenters. The highest BCUT2D eigenvalue weighted by Gasteiger charge is 2.13. The van der Waals surface area contributed by atoms with Gasteiger partial charge >= 0.3 is 0 Å². The summed E-state index contributed by atoms with van der Waals surface area (Å²) in [6.07, 6.45) is 11.8. The van der Waals surface area contributed by atoms with E-state index in [1.54, 1.807) is 6.20 Å². The van der Waals surface area contributed by atoms with E-state index < -0.39 is 0 Å². The molecule has 96 valence electrons. The summed E-state index contributed by atoms with van der Waals surface area (Å²) < 4.78 is 0. The zero-order valence-electron chi connectivity index (χ0n) is 10.4. The Balaban J connectivity index is 2.26. The maximum absolute atomic E-state index is 11.8. The number of nitrogens with one attached hydrogen (secondary N) is 1. The predicted octanol–water partition coefficient (Wildman–Crippen LogP) is 2.17. The van der Waals surface area contributed by atoms with Gasteiger partial charge in [-0.3, -0.25) is 4.79 Å². The molecule has 0 saturated heterocycles. The van der Waals surface area contributed by atoms with Crippen LogP contribution < -0.4 is 5.56 Å². The van der Waals surface area contributed by atoms with Crippen molar-refractivity contribution in [1.29, 1.82) is 0 Å². The molecule has 0 amide bonds. The molecule has 0 spiro atoms. The van der Waals surface area contributed by atoms with Gasteiger partial charge in [-0.15, -0.1) is 11.8 Å². The third-order valence-corrected chi connectivity index (χ3v) is 3.61. The lowest BCUT2D eigenvalue weighted by atomic mass is 10.1. The first-order valence-electron chi connectivity index (χ1n) is 5.96. The molecule has 3 rings (SSSR count). The van der Waals surface area contributed by atoms with Crippen molar-refractivity contribution in [2.24, 2.45) is 0 Å². The molecule has 2 heterocycles. The van der Waals surface area contributed by atoms with Gasteiger partial charge in [0.1, 0.15) is 15.9 Å². The molecule has 0 bridgehead atoms. The normalized spacial score (nSPS) is 14.7. The summed E-state index contributed by atoms with van der Waals surface area (Å²) in [6.45, 7) is 0. The Kier molecular flexibility index (Phi) is 3.16. The number of hydrogen-bond acceptors (Lipinski definition) is 5. The van der Waals surface area contributed by atoms with Crippen LogP contribution in [-0.2, 0) is 0 Å². The molecular formula is C13H12N4OS. The number of allylic oxidation sites excluding steroid dienone is 4. The molecule has 1 aliphatic rings. The molecule has 0 aliphatic heterocycles. The van der Waals surface area contributed by atoms with Crippen molar-refractivity contribution in [3.8, 4) is 0 Å². The van der Waals surface area contributed by atoms with Crippen LogP contribution in [0.15, 0.2) is 34.2 Å². The standard InChI is InChI=1S/C13H12N4OS/c1-19-13-10-9(7-14-17-12(10)18)15-11(16-13)8-5-3-2-4-6-8/h3,5-7H,2,4H2,1H3,(H,17,18). The van der Waals surface area contributed by atoms with Gasteiger partial charge in [-0.1, -0.05) is 18.2 Å². The molecule has 6 heteroatoms. The van der Waals surface area contributed by atoms with Crippen molar-refractivity contribution in [2.75, 3.05) is 6.26 Å². The van der Waals surface area contributed by atoms with Gasteiger partial charge in [0.15, 0.2) is 5.82 Å². The van der Waals surface area contributed by atoms with Gasteiger partial charge in [0.2, 0.25) is 0 Å². The Morgan fingerprint density at radius 1 is 1.32 bits per heavy atom. The van der Waals surface area contributed by atoms with E-state index in [9.17, 15) is 4.79 Å². The minimum absolute atomic E-state index is 0.249. The summed E-state index contributed by atoms with van der Waals surface area (Å²) in [5, 5.41) is 7.41. The second-order valence-electron chi connectivity index (χ2n) is 4.16. The second kappa shape index (κ2) is 4.97. The molecule has 0 saturated carbocycles.